The lowest BCUT2D eigenvalue weighted by Crippen LogP contribution is -2.49. The quantitative estimate of drug-likeness (QED) is 0.455. The maximum absolute atomic E-state index is 13.1. The van der Waals surface area contributed by atoms with E-state index in [1.165, 1.54) is 0 Å². The van der Waals surface area contributed by atoms with Gasteiger partial charge in [-0.25, -0.2) is 9.97 Å². The summed E-state index contributed by atoms with van der Waals surface area (Å²) < 4.78 is 10.8. The summed E-state index contributed by atoms with van der Waals surface area (Å²) in [4.78, 5) is 27.8. The van der Waals surface area contributed by atoms with E-state index in [1.807, 2.05) is 30.0 Å². The number of fused-ring (bicyclic) bond motifs is 2. The molecule has 2 aromatic heterocycles. The summed E-state index contributed by atoms with van der Waals surface area (Å²) in [6.45, 7) is 4.82. The Hall–Kier alpha value is -3.65. The van der Waals surface area contributed by atoms with Crippen LogP contribution in [-0.4, -0.2) is 53.7 Å². The third kappa shape index (κ3) is 3.56. The van der Waals surface area contributed by atoms with Crippen molar-refractivity contribution in [2.75, 3.05) is 37.9 Å². The number of rotatable bonds is 3. The van der Waals surface area contributed by atoms with Crippen LogP contribution in [0.1, 0.15) is 16.2 Å². The molecule has 8 heteroatoms. The van der Waals surface area contributed by atoms with Crippen molar-refractivity contribution >= 4 is 33.3 Å². The summed E-state index contributed by atoms with van der Waals surface area (Å²) in [5.41, 5.74) is 2.94. The van der Waals surface area contributed by atoms with E-state index in [2.05, 4.69) is 27.4 Å². The number of carbonyl (C=O) groups excluding carboxylic acids is 1. The summed E-state index contributed by atoms with van der Waals surface area (Å²) in [6, 6.07) is 15.7. The van der Waals surface area contributed by atoms with Crippen LogP contribution in [0, 0.1) is 6.92 Å². The fourth-order valence-corrected chi connectivity index (χ4v) is 5.41. The first-order valence-corrected chi connectivity index (χ1v) is 11.8. The van der Waals surface area contributed by atoms with Crippen molar-refractivity contribution in [1.29, 1.82) is 0 Å². The summed E-state index contributed by atoms with van der Waals surface area (Å²) in [6.07, 6.45) is 0. The highest BCUT2D eigenvalue weighted by Gasteiger charge is 2.27. The van der Waals surface area contributed by atoms with Crippen molar-refractivity contribution in [3.63, 3.8) is 0 Å². The number of aryl methyl sites for hydroxylation is 1. The molecule has 2 aromatic carbocycles. The third-order valence-electron chi connectivity index (χ3n) is 6.10. The molecule has 4 aromatic rings. The number of piperazine rings is 1. The van der Waals surface area contributed by atoms with E-state index in [-0.39, 0.29) is 12.7 Å². The largest absolute Gasteiger partial charge is 0.454 e. The average Bonchev–Trinajstić information content (AvgIpc) is 3.50. The van der Waals surface area contributed by atoms with Crippen LogP contribution >= 0.6 is 11.3 Å². The molecule has 0 spiro atoms. The Morgan fingerprint density at radius 1 is 0.970 bits per heavy atom. The first-order chi connectivity index (χ1) is 16.2. The fraction of sp³-hybridized carbons (Fsp3) is 0.240. The topological polar surface area (TPSA) is 67.8 Å². The second-order valence-corrected chi connectivity index (χ2v) is 9.00. The molecule has 33 heavy (non-hydrogen) atoms. The summed E-state index contributed by atoms with van der Waals surface area (Å²) in [5.74, 6) is 3.04. The first kappa shape index (κ1) is 20.0. The number of benzene rings is 2. The molecule has 166 valence electrons. The molecule has 2 aliphatic heterocycles. The van der Waals surface area contributed by atoms with Gasteiger partial charge in [0.1, 0.15) is 16.5 Å². The highest BCUT2D eigenvalue weighted by Crippen LogP contribution is 2.38. The standard InChI is InChI=1S/C25H22N4O3S/c1-16-26-23(22-19(14-33-24(22)27-16)17-5-3-2-4-6-17)28-9-11-29(12-10-28)25(30)18-7-8-20-21(13-18)32-15-31-20/h2-8,13-14H,9-12,15H2,1H3. The highest BCUT2D eigenvalue weighted by atomic mass is 32.1. The Labute approximate surface area is 195 Å². The number of nitrogens with zero attached hydrogens (tertiary/aromatic N) is 4. The van der Waals surface area contributed by atoms with E-state index in [9.17, 15) is 4.79 Å². The smallest absolute Gasteiger partial charge is 0.254 e. The molecule has 1 fully saturated rings. The predicted molar refractivity (Wildman–Crippen MR) is 128 cm³/mol. The number of hydrogen-bond donors (Lipinski definition) is 0. The molecule has 0 bridgehead atoms. The lowest BCUT2D eigenvalue weighted by Gasteiger charge is -2.36. The molecule has 4 heterocycles. The van der Waals surface area contributed by atoms with Gasteiger partial charge < -0.3 is 19.3 Å². The maximum atomic E-state index is 13.1. The molecule has 2 aliphatic rings. The minimum absolute atomic E-state index is 0.0115. The van der Waals surface area contributed by atoms with Gasteiger partial charge in [-0.2, -0.15) is 0 Å². The highest BCUT2D eigenvalue weighted by molar-refractivity contribution is 7.17. The van der Waals surface area contributed by atoms with Crippen molar-refractivity contribution in [3.8, 4) is 22.6 Å². The molecule has 6 rings (SSSR count). The monoisotopic (exact) mass is 458 g/mol. The minimum atomic E-state index is 0.0115. The maximum Gasteiger partial charge on any atom is 0.254 e. The second kappa shape index (κ2) is 8.04. The van der Waals surface area contributed by atoms with Crippen LogP contribution in [-0.2, 0) is 0 Å². The lowest BCUT2D eigenvalue weighted by molar-refractivity contribution is 0.0746. The number of ether oxygens (including phenoxy) is 2. The number of amides is 1. The Balaban J connectivity index is 1.26. The van der Waals surface area contributed by atoms with Gasteiger partial charge in [0.15, 0.2) is 11.5 Å². The second-order valence-electron chi connectivity index (χ2n) is 8.14. The molecular weight excluding hydrogens is 436 g/mol. The Kier molecular flexibility index (Phi) is 4.87. The van der Waals surface area contributed by atoms with Gasteiger partial charge in [0, 0.05) is 42.7 Å². The van der Waals surface area contributed by atoms with Gasteiger partial charge in [0.25, 0.3) is 5.91 Å². The molecule has 7 nitrogen and oxygen atoms in total. The van der Waals surface area contributed by atoms with E-state index >= 15 is 0 Å². The van der Waals surface area contributed by atoms with Gasteiger partial charge in [-0.1, -0.05) is 30.3 Å². The summed E-state index contributed by atoms with van der Waals surface area (Å²) in [5, 5.41) is 3.25. The molecule has 0 saturated carbocycles. The van der Waals surface area contributed by atoms with E-state index in [0.717, 1.165) is 33.0 Å². The average molecular weight is 459 g/mol. The summed E-state index contributed by atoms with van der Waals surface area (Å²) >= 11 is 1.65. The van der Waals surface area contributed by atoms with E-state index in [0.29, 0.717) is 43.2 Å². The molecule has 0 unspecified atom stereocenters. The van der Waals surface area contributed by atoms with Gasteiger partial charge in [-0.05, 0) is 30.7 Å². The molecule has 1 saturated heterocycles. The molecular formula is C25H22N4O3S. The number of carbonyl (C=O) groups is 1. The zero-order valence-electron chi connectivity index (χ0n) is 18.2. The van der Waals surface area contributed by atoms with Gasteiger partial charge in [-0.15, -0.1) is 11.3 Å². The van der Waals surface area contributed by atoms with Crippen molar-refractivity contribution < 1.29 is 14.3 Å². The lowest BCUT2D eigenvalue weighted by atomic mass is 10.1. The number of aromatic nitrogens is 2. The van der Waals surface area contributed by atoms with Gasteiger partial charge in [0.2, 0.25) is 6.79 Å². The van der Waals surface area contributed by atoms with Gasteiger partial charge in [-0.3, -0.25) is 4.79 Å². The predicted octanol–water partition coefficient (Wildman–Crippen LogP) is 4.36. The Bertz CT molecular complexity index is 1350. The Morgan fingerprint density at radius 3 is 2.58 bits per heavy atom. The van der Waals surface area contributed by atoms with Gasteiger partial charge >= 0.3 is 0 Å². The van der Waals surface area contributed by atoms with Crippen LogP contribution in [0.25, 0.3) is 21.3 Å². The van der Waals surface area contributed by atoms with Crippen LogP contribution in [0.5, 0.6) is 11.5 Å². The van der Waals surface area contributed by atoms with Crippen LogP contribution in [0.4, 0.5) is 5.82 Å². The number of anilines is 1. The first-order valence-electron chi connectivity index (χ1n) is 10.9. The van der Waals surface area contributed by atoms with E-state index in [4.69, 9.17) is 14.5 Å². The van der Waals surface area contributed by atoms with E-state index < -0.39 is 0 Å². The van der Waals surface area contributed by atoms with Crippen LogP contribution in [0.3, 0.4) is 0 Å². The van der Waals surface area contributed by atoms with Crippen molar-refractivity contribution in [2.24, 2.45) is 0 Å². The molecule has 1 amide bonds. The van der Waals surface area contributed by atoms with Crippen molar-refractivity contribution in [2.45, 2.75) is 6.92 Å². The van der Waals surface area contributed by atoms with Crippen molar-refractivity contribution in [3.05, 3.63) is 65.3 Å². The van der Waals surface area contributed by atoms with Crippen LogP contribution in [0.2, 0.25) is 0 Å². The molecule has 0 atom stereocenters. The molecule has 0 radical (unpaired) electrons. The normalized spacial score (nSPS) is 15.3. The van der Waals surface area contributed by atoms with Crippen LogP contribution < -0.4 is 14.4 Å². The number of hydrogen-bond acceptors (Lipinski definition) is 7. The molecule has 0 N–H and O–H groups in total. The zero-order chi connectivity index (χ0) is 22.4. The SMILES string of the molecule is Cc1nc(N2CCN(C(=O)c3ccc4c(c3)OCO4)CC2)c2c(-c3ccccc3)csc2n1. The van der Waals surface area contributed by atoms with Crippen LogP contribution in [0.15, 0.2) is 53.9 Å². The fourth-order valence-electron chi connectivity index (χ4n) is 4.42. The minimum Gasteiger partial charge on any atom is -0.454 e. The third-order valence-corrected chi connectivity index (χ3v) is 6.97. The van der Waals surface area contributed by atoms with Gasteiger partial charge in [0.05, 0.1) is 5.39 Å². The summed E-state index contributed by atoms with van der Waals surface area (Å²) in [7, 11) is 0. The van der Waals surface area contributed by atoms with Crippen molar-refractivity contribution in [1.82, 2.24) is 14.9 Å². The number of thiophene rings is 1. The van der Waals surface area contributed by atoms with E-state index in [1.54, 1.807) is 29.5 Å². The molecule has 0 aliphatic carbocycles. The Morgan fingerprint density at radius 2 is 1.76 bits per heavy atom. The zero-order valence-corrected chi connectivity index (χ0v) is 19.0.